The summed E-state index contributed by atoms with van der Waals surface area (Å²) in [4.78, 5) is 4.19. The monoisotopic (exact) mass is 142 g/mol. The summed E-state index contributed by atoms with van der Waals surface area (Å²) in [7, 11) is 1.77. The zero-order valence-electron chi connectivity index (χ0n) is 6.68. The molecule has 0 saturated heterocycles. The Morgan fingerprint density at radius 3 is 2.50 bits per heavy atom. The van der Waals surface area contributed by atoms with Gasteiger partial charge in [-0.1, -0.05) is 0 Å². The van der Waals surface area contributed by atoms with Gasteiger partial charge in [-0.2, -0.15) is 0 Å². The van der Waals surface area contributed by atoms with Gasteiger partial charge in [0.1, 0.15) is 0 Å². The number of nitrogens with zero attached hydrogens (tertiary/aromatic N) is 2. The third-order valence-corrected chi connectivity index (χ3v) is 1.41. The van der Waals surface area contributed by atoms with Crippen LogP contribution in [-0.2, 0) is 0 Å². The summed E-state index contributed by atoms with van der Waals surface area (Å²) >= 11 is 0. The average molecular weight is 142 g/mol. The molecule has 58 valence electrons. The highest BCUT2D eigenvalue weighted by Gasteiger charge is 2.25. The van der Waals surface area contributed by atoms with Crippen LogP contribution in [0.25, 0.3) is 0 Å². The molecule has 3 N–H and O–H groups in total. The molecule has 1 aliphatic rings. The van der Waals surface area contributed by atoms with E-state index in [9.17, 15) is 0 Å². The van der Waals surface area contributed by atoms with Crippen LogP contribution in [0.2, 0.25) is 0 Å². The molecule has 4 heteroatoms. The number of aliphatic imine (C=N–C) groups is 1. The fourth-order valence-electron chi connectivity index (χ4n) is 0.854. The molecular formula is C6H14N4. The van der Waals surface area contributed by atoms with Gasteiger partial charge in [0.05, 0.1) is 12.1 Å². The third-order valence-electron chi connectivity index (χ3n) is 1.41. The normalized spacial score (nSPS) is 21.8. The van der Waals surface area contributed by atoms with E-state index in [0.717, 1.165) is 12.5 Å². The summed E-state index contributed by atoms with van der Waals surface area (Å²) in [5, 5.41) is 4.68. The van der Waals surface area contributed by atoms with Crippen LogP contribution in [0.5, 0.6) is 0 Å². The lowest BCUT2D eigenvalue weighted by Gasteiger charge is -2.20. The van der Waals surface area contributed by atoms with Gasteiger partial charge >= 0.3 is 0 Å². The van der Waals surface area contributed by atoms with E-state index < -0.39 is 0 Å². The number of hydrogen-bond acceptors (Lipinski definition) is 4. The van der Waals surface area contributed by atoms with Gasteiger partial charge in [0, 0.05) is 7.05 Å². The van der Waals surface area contributed by atoms with Crippen LogP contribution in [0.4, 0.5) is 0 Å². The number of nitrogens with two attached hydrogens (primary N) is 1. The quantitative estimate of drug-likeness (QED) is 0.355. The molecule has 0 bridgehead atoms. The summed E-state index contributed by atoms with van der Waals surface area (Å²) in [5.74, 6) is 6.23. The van der Waals surface area contributed by atoms with Crippen molar-refractivity contribution in [2.45, 2.75) is 19.4 Å². The second-order valence-corrected chi connectivity index (χ2v) is 3.26. The molecule has 0 radical (unpaired) electrons. The Bertz CT molecular complexity index is 159. The molecule has 10 heavy (non-hydrogen) atoms. The Kier molecular flexibility index (Phi) is 1.56. The molecule has 0 atom stereocenters. The van der Waals surface area contributed by atoms with Gasteiger partial charge in [0.15, 0.2) is 0 Å². The van der Waals surface area contributed by atoms with E-state index >= 15 is 0 Å². The lowest BCUT2D eigenvalue weighted by Crippen LogP contribution is -2.48. The van der Waals surface area contributed by atoms with Crippen LogP contribution < -0.4 is 11.2 Å². The second kappa shape index (κ2) is 2.12. The SMILES string of the molecule is CN(N)C1=NCC(C)(C)N1. The van der Waals surface area contributed by atoms with Crippen molar-refractivity contribution in [1.29, 1.82) is 0 Å². The van der Waals surface area contributed by atoms with E-state index in [4.69, 9.17) is 5.84 Å². The standard InChI is InChI=1S/C6H14N4/c1-6(2)4-8-5(9-6)10(3)7/h4,7H2,1-3H3,(H,8,9). The Morgan fingerprint density at radius 2 is 2.30 bits per heavy atom. The molecule has 0 aromatic rings. The van der Waals surface area contributed by atoms with Crippen molar-refractivity contribution in [3.8, 4) is 0 Å². The number of guanidine groups is 1. The van der Waals surface area contributed by atoms with Crippen molar-refractivity contribution >= 4 is 5.96 Å². The van der Waals surface area contributed by atoms with Gasteiger partial charge in [-0.3, -0.25) is 5.01 Å². The number of nitrogens with one attached hydrogen (secondary N) is 1. The van der Waals surface area contributed by atoms with E-state index in [1.54, 1.807) is 7.05 Å². The van der Waals surface area contributed by atoms with Gasteiger partial charge < -0.3 is 5.32 Å². The Labute approximate surface area is 61.1 Å². The Balaban J connectivity index is 2.55. The van der Waals surface area contributed by atoms with Gasteiger partial charge in [0.2, 0.25) is 5.96 Å². The van der Waals surface area contributed by atoms with Crippen LogP contribution in [-0.4, -0.2) is 30.1 Å². The predicted octanol–water partition coefficient (Wildman–Crippen LogP) is -0.470. The summed E-state index contributed by atoms with van der Waals surface area (Å²) < 4.78 is 0. The first-order chi connectivity index (χ1) is 4.51. The molecule has 4 nitrogen and oxygen atoms in total. The first-order valence-electron chi connectivity index (χ1n) is 3.32. The molecule has 1 aliphatic heterocycles. The van der Waals surface area contributed by atoms with Crippen LogP contribution in [0.1, 0.15) is 13.8 Å². The average Bonchev–Trinajstić information content (AvgIpc) is 2.10. The van der Waals surface area contributed by atoms with Crippen LogP contribution >= 0.6 is 0 Å². The van der Waals surface area contributed by atoms with Crippen molar-refractivity contribution in [3.63, 3.8) is 0 Å². The highest BCUT2D eigenvalue weighted by molar-refractivity contribution is 5.81. The molecule has 0 spiro atoms. The van der Waals surface area contributed by atoms with Gasteiger partial charge in [-0.15, -0.1) is 0 Å². The minimum Gasteiger partial charge on any atom is -0.348 e. The molecule has 0 saturated carbocycles. The Morgan fingerprint density at radius 1 is 1.70 bits per heavy atom. The smallest absolute Gasteiger partial charge is 0.208 e. The highest BCUT2D eigenvalue weighted by Crippen LogP contribution is 2.08. The number of rotatable bonds is 0. The zero-order chi connectivity index (χ0) is 7.78. The molecule has 0 fully saturated rings. The van der Waals surface area contributed by atoms with Crippen molar-refractivity contribution < 1.29 is 0 Å². The van der Waals surface area contributed by atoms with E-state index in [1.807, 2.05) is 0 Å². The zero-order valence-corrected chi connectivity index (χ0v) is 6.68. The lowest BCUT2D eigenvalue weighted by molar-refractivity contribution is 0.464. The van der Waals surface area contributed by atoms with E-state index in [0.29, 0.717) is 0 Å². The molecule has 0 aliphatic carbocycles. The fraction of sp³-hybridized carbons (Fsp3) is 0.833. The lowest BCUT2D eigenvalue weighted by atomic mass is 10.1. The van der Waals surface area contributed by atoms with Crippen molar-refractivity contribution in [2.24, 2.45) is 10.8 Å². The summed E-state index contributed by atoms with van der Waals surface area (Å²) in [6.45, 7) is 4.98. The second-order valence-electron chi connectivity index (χ2n) is 3.26. The van der Waals surface area contributed by atoms with Crippen LogP contribution in [0.3, 0.4) is 0 Å². The summed E-state index contributed by atoms with van der Waals surface area (Å²) in [5.41, 5.74) is 0.0724. The van der Waals surface area contributed by atoms with Crippen molar-refractivity contribution in [2.75, 3.05) is 13.6 Å². The molecule has 0 aromatic carbocycles. The van der Waals surface area contributed by atoms with Gasteiger partial charge in [0.25, 0.3) is 0 Å². The topological polar surface area (TPSA) is 53.6 Å². The molecule has 0 unspecified atom stereocenters. The summed E-state index contributed by atoms with van der Waals surface area (Å²) in [6.07, 6.45) is 0. The van der Waals surface area contributed by atoms with Crippen LogP contribution in [0, 0.1) is 0 Å². The largest absolute Gasteiger partial charge is 0.348 e. The maximum Gasteiger partial charge on any atom is 0.208 e. The van der Waals surface area contributed by atoms with E-state index in [1.165, 1.54) is 5.01 Å². The van der Waals surface area contributed by atoms with E-state index in [-0.39, 0.29) is 5.54 Å². The molecule has 1 rings (SSSR count). The minimum atomic E-state index is 0.0724. The number of hydrogen-bond donors (Lipinski definition) is 2. The first kappa shape index (κ1) is 7.34. The Hall–Kier alpha value is -0.770. The minimum absolute atomic E-state index is 0.0724. The van der Waals surface area contributed by atoms with E-state index in [2.05, 4.69) is 24.2 Å². The maximum absolute atomic E-state index is 5.46. The summed E-state index contributed by atoms with van der Waals surface area (Å²) in [6, 6.07) is 0. The first-order valence-corrected chi connectivity index (χ1v) is 3.32. The van der Waals surface area contributed by atoms with Gasteiger partial charge in [-0.25, -0.2) is 10.8 Å². The fourth-order valence-corrected chi connectivity index (χ4v) is 0.854. The van der Waals surface area contributed by atoms with Crippen molar-refractivity contribution in [3.05, 3.63) is 0 Å². The van der Waals surface area contributed by atoms with Crippen LogP contribution in [0.15, 0.2) is 4.99 Å². The molecule has 0 amide bonds. The predicted molar refractivity (Wildman–Crippen MR) is 41.5 cm³/mol. The highest BCUT2D eigenvalue weighted by atomic mass is 15.5. The molecule has 0 aromatic heterocycles. The third kappa shape index (κ3) is 1.39. The van der Waals surface area contributed by atoms with Gasteiger partial charge in [-0.05, 0) is 13.8 Å². The van der Waals surface area contributed by atoms with Crippen molar-refractivity contribution in [1.82, 2.24) is 10.3 Å². The number of hydrazine groups is 1. The maximum atomic E-state index is 5.46. The molecule has 1 heterocycles. The molecular weight excluding hydrogens is 128 g/mol.